The molecule has 1 amide bonds. The molecule has 0 aromatic carbocycles. The van der Waals surface area contributed by atoms with Gasteiger partial charge in [0.05, 0.1) is 25.7 Å². The quantitative estimate of drug-likeness (QED) is 0.554. The van der Waals surface area contributed by atoms with Crippen LogP contribution in [0.25, 0.3) is 0 Å². The van der Waals surface area contributed by atoms with Crippen LogP contribution >= 0.6 is 0 Å². The first kappa shape index (κ1) is 12.7. The summed E-state index contributed by atoms with van der Waals surface area (Å²) in [5, 5.41) is 0. The monoisotopic (exact) mass is 265 g/mol. The number of hydrogen-bond donors (Lipinski definition) is 0. The Morgan fingerprint density at radius 2 is 2.37 bits per heavy atom. The SMILES string of the molecule is COC(=O)C1[C@H]2C=CC3(CN(CC(C)C)C(=O)[C@@H]13)O2. The van der Waals surface area contributed by atoms with E-state index in [0.717, 1.165) is 0 Å². The van der Waals surface area contributed by atoms with Crippen molar-refractivity contribution in [1.29, 1.82) is 0 Å². The predicted octanol–water partition coefficient (Wildman–Crippen LogP) is 0.597. The van der Waals surface area contributed by atoms with Crippen molar-refractivity contribution in [2.45, 2.75) is 25.6 Å². The van der Waals surface area contributed by atoms with Crippen molar-refractivity contribution >= 4 is 11.9 Å². The zero-order valence-electron chi connectivity index (χ0n) is 11.5. The van der Waals surface area contributed by atoms with Gasteiger partial charge in [0.25, 0.3) is 0 Å². The Bertz CT molecular complexity index is 458. The van der Waals surface area contributed by atoms with E-state index in [4.69, 9.17) is 9.47 Å². The molecule has 1 spiro atoms. The van der Waals surface area contributed by atoms with E-state index in [1.807, 2.05) is 17.1 Å². The summed E-state index contributed by atoms with van der Waals surface area (Å²) in [6.45, 7) is 5.40. The molecule has 3 rings (SSSR count). The number of ether oxygens (including phenoxy) is 2. The second-order valence-electron chi connectivity index (χ2n) is 6.04. The Morgan fingerprint density at radius 3 is 3.00 bits per heavy atom. The molecule has 2 saturated heterocycles. The van der Waals surface area contributed by atoms with Gasteiger partial charge in [-0.3, -0.25) is 9.59 Å². The fourth-order valence-corrected chi connectivity index (χ4v) is 3.58. The maximum Gasteiger partial charge on any atom is 0.312 e. The van der Waals surface area contributed by atoms with Gasteiger partial charge in [-0.05, 0) is 5.92 Å². The van der Waals surface area contributed by atoms with Crippen molar-refractivity contribution in [1.82, 2.24) is 4.90 Å². The number of esters is 1. The molecule has 3 aliphatic heterocycles. The van der Waals surface area contributed by atoms with Gasteiger partial charge >= 0.3 is 5.97 Å². The Morgan fingerprint density at radius 1 is 1.63 bits per heavy atom. The summed E-state index contributed by atoms with van der Waals surface area (Å²) in [5.74, 6) is -0.817. The summed E-state index contributed by atoms with van der Waals surface area (Å²) in [7, 11) is 1.36. The lowest BCUT2D eigenvalue weighted by molar-refractivity contribution is -0.151. The van der Waals surface area contributed by atoms with Crippen LogP contribution in [0.5, 0.6) is 0 Å². The highest BCUT2D eigenvalue weighted by Crippen LogP contribution is 2.52. The van der Waals surface area contributed by atoms with Crippen molar-refractivity contribution < 1.29 is 19.1 Å². The molecule has 0 saturated carbocycles. The van der Waals surface area contributed by atoms with E-state index in [1.54, 1.807) is 0 Å². The van der Waals surface area contributed by atoms with Gasteiger partial charge in [-0.25, -0.2) is 0 Å². The summed E-state index contributed by atoms with van der Waals surface area (Å²) >= 11 is 0. The summed E-state index contributed by atoms with van der Waals surface area (Å²) < 4.78 is 10.8. The minimum Gasteiger partial charge on any atom is -0.469 e. The van der Waals surface area contributed by atoms with Crippen LogP contribution in [0, 0.1) is 17.8 Å². The van der Waals surface area contributed by atoms with Gasteiger partial charge in [-0.2, -0.15) is 0 Å². The van der Waals surface area contributed by atoms with Crippen molar-refractivity contribution in [2.24, 2.45) is 17.8 Å². The fourth-order valence-electron chi connectivity index (χ4n) is 3.58. The first-order chi connectivity index (χ1) is 8.98. The number of carbonyl (C=O) groups is 2. The second-order valence-corrected chi connectivity index (χ2v) is 6.04. The summed E-state index contributed by atoms with van der Waals surface area (Å²) in [6.07, 6.45) is 3.55. The van der Waals surface area contributed by atoms with Crippen LogP contribution in [-0.4, -0.2) is 48.7 Å². The Hall–Kier alpha value is -1.36. The molecule has 5 heteroatoms. The first-order valence-corrected chi connectivity index (χ1v) is 6.72. The van der Waals surface area contributed by atoms with Crippen LogP contribution in [0.3, 0.4) is 0 Å². The van der Waals surface area contributed by atoms with Crippen LogP contribution in [0.4, 0.5) is 0 Å². The highest BCUT2D eigenvalue weighted by atomic mass is 16.5. The molecule has 4 atom stereocenters. The van der Waals surface area contributed by atoms with Crippen LogP contribution in [-0.2, 0) is 19.1 Å². The molecule has 0 aliphatic carbocycles. The minimum atomic E-state index is -0.602. The lowest BCUT2D eigenvalue weighted by atomic mass is 9.77. The molecule has 104 valence electrons. The van der Waals surface area contributed by atoms with Gasteiger partial charge in [-0.1, -0.05) is 26.0 Å². The van der Waals surface area contributed by atoms with Gasteiger partial charge in [0.1, 0.15) is 11.5 Å². The van der Waals surface area contributed by atoms with E-state index in [1.165, 1.54) is 7.11 Å². The lowest BCUT2D eigenvalue weighted by Crippen LogP contribution is -2.39. The average molecular weight is 265 g/mol. The zero-order chi connectivity index (χ0) is 13.8. The normalized spacial score (nSPS) is 39.3. The van der Waals surface area contributed by atoms with Gasteiger partial charge in [0.2, 0.25) is 5.91 Å². The van der Waals surface area contributed by atoms with Crippen LogP contribution < -0.4 is 0 Å². The summed E-state index contributed by atoms with van der Waals surface area (Å²) in [4.78, 5) is 26.3. The topological polar surface area (TPSA) is 55.8 Å². The molecule has 2 unspecified atom stereocenters. The maximum atomic E-state index is 12.5. The molecule has 2 fully saturated rings. The Balaban J connectivity index is 1.90. The van der Waals surface area contributed by atoms with Crippen molar-refractivity contribution in [3.63, 3.8) is 0 Å². The second kappa shape index (κ2) is 4.07. The van der Waals surface area contributed by atoms with Crippen LogP contribution in [0.1, 0.15) is 13.8 Å². The highest BCUT2D eigenvalue weighted by Gasteiger charge is 2.67. The molecule has 5 nitrogen and oxygen atoms in total. The maximum absolute atomic E-state index is 12.5. The van der Waals surface area contributed by atoms with Crippen LogP contribution in [0.2, 0.25) is 0 Å². The van der Waals surface area contributed by atoms with Gasteiger partial charge in [0, 0.05) is 6.54 Å². The number of likely N-dealkylation sites (tertiary alicyclic amines) is 1. The van der Waals surface area contributed by atoms with Gasteiger partial charge in [-0.15, -0.1) is 0 Å². The van der Waals surface area contributed by atoms with E-state index in [0.29, 0.717) is 19.0 Å². The number of nitrogens with zero attached hydrogens (tertiary/aromatic N) is 1. The molecular weight excluding hydrogens is 246 g/mol. The largest absolute Gasteiger partial charge is 0.469 e. The number of amides is 1. The molecule has 0 aromatic rings. The summed E-state index contributed by atoms with van der Waals surface area (Å²) in [6, 6.07) is 0. The molecule has 0 N–H and O–H groups in total. The van der Waals surface area contributed by atoms with Crippen molar-refractivity contribution in [3.8, 4) is 0 Å². The molecule has 3 heterocycles. The first-order valence-electron chi connectivity index (χ1n) is 6.72. The van der Waals surface area contributed by atoms with Crippen molar-refractivity contribution in [3.05, 3.63) is 12.2 Å². The van der Waals surface area contributed by atoms with Gasteiger partial charge in [0.15, 0.2) is 0 Å². The number of rotatable bonds is 3. The number of methoxy groups -OCH3 is 1. The van der Waals surface area contributed by atoms with E-state index >= 15 is 0 Å². The fraction of sp³-hybridized carbons (Fsp3) is 0.714. The highest BCUT2D eigenvalue weighted by molar-refractivity contribution is 5.91. The van der Waals surface area contributed by atoms with Crippen LogP contribution in [0.15, 0.2) is 12.2 Å². The molecule has 0 aromatic heterocycles. The average Bonchev–Trinajstić information content (AvgIpc) is 2.97. The van der Waals surface area contributed by atoms with Gasteiger partial charge < -0.3 is 14.4 Å². The standard InChI is InChI=1S/C14H19NO4/c1-8(2)6-15-7-14-5-4-9(19-14)10(13(17)18-3)11(14)12(15)16/h4-5,8-11H,6-7H2,1-3H3/t9-,10?,11-,14?/m1/s1. The zero-order valence-corrected chi connectivity index (χ0v) is 11.5. The smallest absolute Gasteiger partial charge is 0.312 e. The van der Waals surface area contributed by atoms with Crippen molar-refractivity contribution in [2.75, 3.05) is 20.2 Å². The molecule has 3 aliphatic rings. The third-order valence-corrected chi connectivity index (χ3v) is 4.24. The third-order valence-electron chi connectivity index (χ3n) is 4.24. The number of fused-ring (bicyclic) bond motifs is 1. The van der Waals surface area contributed by atoms with E-state index in [2.05, 4.69) is 13.8 Å². The van der Waals surface area contributed by atoms with E-state index in [-0.39, 0.29) is 18.0 Å². The minimum absolute atomic E-state index is 0.0240. The molecule has 19 heavy (non-hydrogen) atoms. The molecular formula is C14H19NO4. The summed E-state index contributed by atoms with van der Waals surface area (Å²) in [5.41, 5.74) is -0.602. The van der Waals surface area contributed by atoms with E-state index in [9.17, 15) is 9.59 Å². The number of hydrogen-bond acceptors (Lipinski definition) is 4. The third kappa shape index (κ3) is 1.64. The molecule has 2 bridgehead atoms. The molecule has 0 radical (unpaired) electrons. The number of carbonyl (C=O) groups excluding carboxylic acids is 2. The van der Waals surface area contributed by atoms with E-state index < -0.39 is 17.4 Å². The predicted molar refractivity (Wildman–Crippen MR) is 67.2 cm³/mol. The lowest BCUT2D eigenvalue weighted by Gasteiger charge is -2.22. The Labute approximate surface area is 112 Å². The Kier molecular flexibility index (Phi) is 2.71.